The maximum atomic E-state index is 12.3. The van der Waals surface area contributed by atoms with E-state index in [1.807, 2.05) is 0 Å². The van der Waals surface area contributed by atoms with Crippen LogP contribution < -0.4 is 0 Å². The summed E-state index contributed by atoms with van der Waals surface area (Å²) in [6, 6.07) is 2.82. The lowest BCUT2D eigenvalue weighted by atomic mass is 9.99. The smallest absolute Gasteiger partial charge is 0.385 e. The van der Waals surface area contributed by atoms with E-state index in [2.05, 4.69) is 0 Å². The molecule has 2 nitrogen and oxygen atoms in total. The summed E-state index contributed by atoms with van der Waals surface area (Å²) in [5, 5.41) is 9.06. The van der Waals surface area contributed by atoms with Crippen LogP contribution in [0.1, 0.15) is 28.4 Å². The lowest BCUT2D eigenvalue weighted by Gasteiger charge is -2.11. The summed E-state index contributed by atoms with van der Waals surface area (Å²) in [5.74, 6) is -0.578. The molecule has 1 aromatic rings. The van der Waals surface area contributed by atoms with E-state index in [0.29, 0.717) is 0 Å². The minimum absolute atomic E-state index is 0.114. The van der Waals surface area contributed by atoms with Crippen molar-refractivity contribution < 1.29 is 23.1 Å². The summed E-state index contributed by atoms with van der Waals surface area (Å²) < 4.78 is 37.0. The standard InChI is InChI=1S/C11H11F3O2/c1-6-5-8(11(12,13)14)3-4-9(6)10(16)7(2)15/h3-5,7,15H,1-2H3. The van der Waals surface area contributed by atoms with E-state index in [1.165, 1.54) is 13.8 Å². The Labute approximate surface area is 90.7 Å². The van der Waals surface area contributed by atoms with Crippen LogP contribution >= 0.6 is 0 Å². The van der Waals surface area contributed by atoms with Crippen molar-refractivity contribution in [1.82, 2.24) is 0 Å². The summed E-state index contributed by atoms with van der Waals surface area (Å²) >= 11 is 0. The van der Waals surface area contributed by atoms with Gasteiger partial charge in [-0.1, -0.05) is 6.07 Å². The SMILES string of the molecule is Cc1cc(C(F)(F)F)ccc1C(=O)C(C)O. The first-order valence-corrected chi connectivity index (χ1v) is 4.63. The largest absolute Gasteiger partial charge is 0.416 e. The summed E-state index contributed by atoms with van der Waals surface area (Å²) in [4.78, 5) is 11.4. The molecule has 0 saturated carbocycles. The summed E-state index contributed by atoms with van der Waals surface area (Å²) in [7, 11) is 0. The van der Waals surface area contributed by atoms with Gasteiger partial charge in [0.1, 0.15) is 6.10 Å². The Morgan fingerprint density at radius 2 is 1.94 bits per heavy atom. The fourth-order valence-electron chi connectivity index (χ4n) is 1.34. The van der Waals surface area contributed by atoms with Crippen LogP contribution in [0.2, 0.25) is 0 Å². The predicted molar refractivity (Wildman–Crippen MR) is 52.2 cm³/mol. The maximum absolute atomic E-state index is 12.3. The summed E-state index contributed by atoms with van der Waals surface area (Å²) in [5.41, 5.74) is -0.476. The molecular formula is C11H11F3O2. The Bertz CT molecular complexity index is 408. The molecule has 1 N–H and O–H groups in total. The molecule has 1 rings (SSSR count). The number of Topliss-reactive ketones (excluding diaryl/α,β-unsaturated/α-hetero) is 1. The van der Waals surface area contributed by atoms with Crippen molar-refractivity contribution in [3.63, 3.8) is 0 Å². The van der Waals surface area contributed by atoms with Gasteiger partial charge in [-0.05, 0) is 31.5 Å². The third-order valence-corrected chi connectivity index (χ3v) is 2.20. The molecule has 0 aliphatic rings. The van der Waals surface area contributed by atoms with Crippen LogP contribution in [-0.4, -0.2) is 17.0 Å². The molecule has 0 saturated heterocycles. The molecule has 0 aliphatic carbocycles. The Balaban J connectivity index is 3.15. The van der Waals surface area contributed by atoms with Crippen LogP contribution in [0.25, 0.3) is 0 Å². The number of carbonyl (C=O) groups is 1. The van der Waals surface area contributed by atoms with Gasteiger partial charge in [-0.3, -0.25) is 4.79 Å². The normalized spacial score (nSPS) is 13.6. The molecule has 0 aliphatic heterocycles. The second-order valence-corrected chi connectivity index (χ2v) is 3.57. The zero-order valence-electron chi connectivity index (χ0n) is 8.80. The predicted octanol–water partition coefficient (Wildman–Crippen LogP) is 2.58. The van der Waals surface area contributed by atoms with Crippen molar-refractivity contribution in [3.05, 3.63) is 34.9 Å². The minimum Gasteiger partial charge on any atom is -0.385 e. The van der Waals surface area contributed by atoms with E-state index in [0.717, 1.165) is 18.2 Å². The van der Waals surface area contributed by atoms with E-state index in [-0.39, 0.29) is 11.1 Å². The van der Waals surface area contributed by atoms with Crippen molar-refractivity contribution in [1.29, 1.82) is 0 Å². The zero-order chi connectivity index (χ0) is 12.5. The number of hydrogen-bond donors (Lipinski definition) is 1. The Hall–Kier alpha value is -1.36. The highest BCUT2D eigenvalue weighted by Gasteiger charge is 2.31. The molecule has 0 amide bonds. The zero-order valence-corrected chi connectivity index (χ0v) is 8.80. The molecule has 5 heteroatoms. The molecule has 1 unspecified atom stereocenters. The number of aliphatic hydroxyl groups excluding tert-OH is 1. The molecule has 88 valence electrons. The molecule has 0 radical (unpaired) electrons. The molecule has 0 heterocycles. The average molecular weight is 232 g/mol. The first kappa shape index (κ1) is 12.7. The van der Waals surface area contributed by atoms with Gasteiger partial charge in [0.25, 0.3) is 0 Å². The molecule has 1 atom stereocenters. The van der Waals surface area contributed by atoms with Crippen molar-refractivity contribution in [2.24, 2.45) is 0 Å². The fourth-order valence-corrected chi connectivity index (χ4v) is 1.34. The quantitative estimate of drug-likeness (QED) is 0.796. The number of ketones is 1. The third-order valence-electron chi connectivity index (χ3n) is 2.20. The van der Waals surface area contributed by atoms with Crippen LogP contribution in [0.5, 0.6) is 0 Å². The van der Waals surface area contributed by atoms with Crippen molar-refractivity contribution in [3.8, 4) is 0 Å². The average Bonchev–Trinajstić information content (AvgIpc) is 2.15. The minimum atomic E-state index is -4.42. The molecular weight excluding hydrogens is 221 g/mol. The van der Waals surface area contributed by atoms with Gasteiger partial charge < -0.3 is 5.11 Å². The number of halogens is 3. The monoisotopic (exact) mass is 232 g/mol. The van der Waals surface area contributed by atoms with Gasteiger partial charge >= 0.3 is 6.18 Å². The van der Waals surface area contributed by atoms with Crippen LogP contribution in [0, 0.1) is 6.92 Å². The first-order chi connectivity index (χ1) is 7.23. The van der Waals surface area contributed by atoms with Gasteiger partial charge in [-0.25, -0.2) is 0 Å². The first-order valence-electron chi connectivity index (χ1n) is 4.63. The molecule has 16 heavy (non-hydrogen) atoms. The molecule has 1 aromatic carbocycles. The van der Waals surface area contributed by atoms with Gasteiger partial charge in [-0.15, -0.1) is 0 Å². The van der Waals surface area contributed by atoms with Crippen LogP contribution in [-0.2, 0) is 6.18 Å². The lowest BCUT2D eigenvalue weighted by molar-refractivity contribution is -0.137. The van der Waals surface area contributed by atoms with E-state index < -0.39 is 23.6 Å². The number of aliphatic hydroxyl groups is 1. The highest BCUT2D eigenvalue weighted by atomic mass is 19.4. The van der Waals surface area contributed by atoms with Gasteiger partial charge in [0.2, 0.25) is 0 Å². The highest BCUT2D eigenvalue weighted by molar-refractivity contribution is 6.00. The third kappa shape index (κ3) is 2.61. The Kier molecular flexibility index (Phi) is 3.38. The molecule has 0 spiro atoms. The second-order valence-electron chi connectivity index (χ2n) is 3.57. The number of benzene rings is 1. The number of hydrogen-bond acceptors (Lipinski definition) is 2. The van der Waals surface area contributed by atoms with Gasteiger partial charge in [0.15, 0.2) is 5.78 Å². The van der Waals surface area contributed by atoms with Crippen LogP contribution in [0.15, 0.2) is 18.2 Å². The van der Waals surface area contributed by atoms with E-state index in [4.69, 9.17) is 5.11 Å². The van der Waals surface area contributed by atoms with Gasteiger partial charge in [0.05, 0.1) is 5.56 Å². The lowest BCUT2D eigenvalue weighted by Crippen LogP contribution is -2.18. The molecule has 0 bridgehead atoms. The topological polar surface area (TPSA) is 37.3 Å². The molecule has 0 fully saturated rings. The van der Waals surface area contributed by atoms with E-state index in [9.17, 15) is 18.0 Å². The van der Waals surface area contributed by atoms with Gasteiger partial charge in [0, 0.05) is 5.56 Å². The van der Waals surface area contributed by atoms with Crippen LogP contribution in [0.4, 0.5) is 13.2 Å². The van der Waals surface area contributed by atoms with E-state index in [1.54, 1.807) is 0 Å². The van der Waals surface area contributed by atoms with Crippen molar-refractivity contribution in [2.45, 2.75) is 26.1 Å². The second kappa shape index (κ2) is 4.25. The van der Waals surface area contributed by atoms with E-state index >= 15 is 0 Å². The maximum Gasteiger partial charge on any atom is 0.416 e. The number of carbonyl (C=O) groups excluding carboxylic acids is 1. The van der Waals surface area contributed by atoms with Crippen molar-refractivity contribution in [2.75, 3.05) is 0 Å². The van der Waals surface area contributed by atoms with Gasteiger partial charge in [-0.2, -0.15) is 13.2 Å². The Morgan fingerprint density at radius 3 is 2.31 bits per heavy atom. The highest BCUT2D eigenvalue weighted by Crippen LogP contribution is 2.30. The number of rotatable bonds is 2. The number of aryl methyl sites for hydroxylation is 1. The summed E-state index contributed by atoms with van der Waals surface area (Å²) in [6.45, 7) is 2.68. The number of alkyl halides is 3. The fraction of sp³-hybridized carbons (Fsp3) is 0.364. The molecule has 0 aromatic heterocycles. The Morgan fingerprint density at radius 1 is 1.38 bits per heavy atom. The summed E-state index contributed by atoms with van der Waals surface area (Å²) in [6.07, 6.45) is -5.63. The van der Waals surface area contributed by atoms with Crippen molar-refractivity contribution >= 4 is 5.78 Å². The van der Waals surface area contributed by atoms with Crippen LogP contribution in [0.3, 0.4) is 0 Å².